The zero-order valence-corrected chi connectivity index (χ0v) is 13.4. The van der Waals surface area contributed by atoms with Crippen molar-refractivity contribution in [1.29, 1.82) is 0 Å². The zero-order chi connectivity index (χ0) is 15.0. The first-order chi connectivity index (χ1) is 10.0. The maximum Gasteiger partial charge on any atom is 0.127 e. The summed E-state index contributed by atoms with van der Waals surface area (Å²) in [5.41, 5.74) is 1.71. The fraction of sp³-hybridized carbons (Fsp3) is 0.588. The van der Waals surface area contributed by atoms with Gasteiger partial charge in [-0.1, -0.05) is 19.8 Å². The van der Waals surface area contributed by atoms with Crippen molar-refractivity contribution in [3.8, 4) is 0 Å². The third-order valence-corrected chi connectivity index (χ3v) is 4.78. The average molecular weight is 309 g/mol. The highest BCUT2D eigenvalue weighted by atomic mass is 35.5. The van der Waals surface area contributed by atoms with Crippen LogP contribution in [0.25, 0.3) is 11.0 Å². The number of alkyl halides is 1. The number of hydrogen-bond acceptors (Lipinski definition) is 1. The summed E-state index contributed by atoms with van der Waals surface area (Å²) in [4.78, 5) is 4.60. The van der Waals surface area contributed by atoms with Gasteiger partial charge in [-0.3, -0.25) is 0 Å². The summed E-state index contributed by atoms with van der Waals surface area (Å²) in [5, 5.41) is -0.165. The van der Waals surface area contributed by atoms with Gasteiger partial charge in [-0.2, -0.15) is 0 Å². The van der Waals surface area contributed by atoms with Crippen LogP contribution in [-0.2, 0) is 6.54 Å². The largest absolute Gasteiger partial charge is 0.326 e. The van der Waals surface area contributed by atoms with Crippen LogP contribution in [0.1, 0.15) is 50.7 Å². The van der Waals surface area contributed by atoms with E-state index in [1.165, 1.54) is 31.7 Å². The van der Waals surface area contributed by atoms with Crippen molar-refractivity contribution in [3.05, 3.63) is 29.8 Å². The first-order valence-electron chi connectivity index (χ1n) is 7.84. The van der Waals surface area contributed by atoms with Crippen LogP contribution in [0.4, 0.5) is 4.39 Å². The number of fused-ring (bicyclic) bond motifs is 1. The molecule has 0 N–H and O–H groups in total. The van der Waals surface area contributed by atoms with E-state index < -0.39 is 0 Å². The molecule has 3 atom stereocenters. The number of imidazole rings is 1. The van der Waals surface area contributed by atoms with Gasteiger partial charge in [0.05, 0.1) is 16.4 Å². The van der Waals surface area contributed by atoms with Crippen LogP contribution in [0.3, 0.4) is 0 Å². The van der Waals surface area contributed by atoms with Gasteiger partial charge in [-0.25, -0.2) is 9.37 Å². The Bertz CT molecular complexity index is 635. The Balaban J connectivity index is 1.98. The molecule has 1 fully saturated rings. The molecule has 2 nitrogen and oxygen atoms in total. The summed E-state index contributed by atoms with van der Waals surface area (Å²) in [6.45, 7) is 5.15. The molecular weight excluding hydrogens is 287 g/mol. The quantitative estimate of drug-likeness (QED) is 0.703. The maximum atomic E-state index is 13.6. The molecule has 1 aromatic heterocycles. The predicted molar refractivity (Wildman–Crippen MR) is 85.1 cm³/mol. The highest BCUT2D eigenvalue weighted by molar-refractivity contribution is 6.20. The predicted octanol–water partition coefficient (Wildman–Crippen LogP) is 5.30. The molecule has 114 valence electrons. The molecule has 0 amide bonds. The molecule has 0 spiro atoms. The van der Waals surface area contributed by atoms with Gasteiger partial charge in [0.25, 0.3) is 0 Å². The fourth-order valence-corrected chi connectivity index (χ4v) is 3.76. The third-order valence-electron chi connectivity index (χ3n) is 4.58. The molecule has 1 heterocycles. The van der Waals surface area contributed by atoms with E-state index in [9.17, 15) is 4.39 Å². The van der Waals surface area contributed by atoms with Gasteiger partial charge in [0.1, 0.15) is 11.6 Å². The molecule has 0 bridgehead atoms. The van der Waals surface area contributed by atoms with Gasteiger partial charge in [0.15, 0.2) is 0 Å². The third kappa shape index (κ3) is 3.08. The molecular formula is C17H22ClFN2. The number of hydrogen-bond donors (Lipinski definition) is 0. The highest BCUT2D eigenvalue weighted by Crippen LogP contribution is 2.32. The van der Waals surface area contributed by atoms with Crippen LogP contribution in [0.5, 0.6) is 0 Å². The molecule has 21 heavy (non-hydrogen) atoms. The Kier molecular flexibility index (Phi) is 4.21. The lowest BCUT2D eigenvalue weighted by molar-refractivity contribution is 0.257. The Morgan fingerprint density at radius 2 is 2.24 bits per heavy atom. The van der Waals surface area contributed by atoms with Crippen LogP contribution in [0.15, 0.2) is 18.2 Å². The Hall–Kier alpha value is -1.09. The number of rotatable bonds is 3. The summed E-state index contributed by atoms with van der Waals surface area (Å²) in [6.07, 6.45) is 5.10. The minimum absolute atomic E-state index is 0.165. The Morgan fingerprint density at radius 3 is 2.95 bits per heavy atom. The van der Waals surface area contributed by atoms with Crippen LogP contribution >= 0.6 is 11.6 Å². The lowest BCUT2D eigenvalue weighted by Crippen LogP contribution is -2.20. The van der Waals surface area contributed by atoms with Crippen molar-refractivity contribution in [2.24, 2.45) is 11.8 Å². The molecule has 0 saturated heterocycles. The number of halogens is 2. The first-order valence-corrected chi connectivity index (χ1v) is 8.28. The van der Waals surface area contributed by atoms with E-state index in [2.05, 4.69) is 16.5 Å². The average Bonchev–Trinajstić information content (AvgIpc) is 2.77. The number of nitrogens with zero attached hydrogens (tertiary/aromatic N) is 2. The van der Waals surface area contributed by atoms with Crippen molar-refractivity contribution in [2.45, 2.75) is 51.5 Å². The molecule has 1 aliphatic carbocycles. The fourth-order valence-electron chi connectivity index (χ4n) is 3.59. The SMILES string of the molecule is CC1CCCC(Cn2c(C(C)Cl)nc3ccc(F)cc32)C1. The molecule has 0 aliphatic heterocycles. The van der Waals surface area contributed by atoms with Crippen molar-refractivity contribution in [3.63, 3.8) is 0 Å². The van der Waals surface area contributed by atoms with Gasteiger partial charge in [0, 0.05) is 6.54 Å². The van der Waals surface area contributed by atoms with Crippen molar-refractivity contribution >= 4 is 22.6 Å². The molecule has 0 radical (unpaired) electrons. The normalized spacial score (nSPS) is 24.4. The Morgan fingerprint density at radius 1 is 1.43 bits per heavy atom. The van der Waals surface area contributed by atoms with E-state index in [1.807, 2.05) is 6.92 Å². The minimum atomic E-state index is -0.213. The van der Waals surface area contributed by atoms with Crippen LogP contribution in [0, 0.1) is 17.7 Å². The minimum Gasteiger partial charge on any atom is -0.326 e. The Labute approximate surface area is 130 Å². The van der Waals surface area contributed by atoms with Gasteiger partial charge < -0.3 is 4.57 Å². The standard InChI is InChI=1S/C17H22ClFN2/c1-11-4-3-5-13(8-11)10-21-16-9-14(19)6-7-15(16)20-17(21)12(2)18/h6-7,9,11-13H,3-5,8,10H2,1-2H3. The number of benzene rings is 1. The van der Waals surface area contributed by atoms with Crippen molar-refractivity contribution in [1.82, 2.24) is 9.55 Å². The number of aromatic nitrogens is 2. The zero-order valence-electron chi connectivity index (χ0n) is 12.6. The van der Waals surface area contributed by atoms with Gasteiger partial charge >= 0.3 is 0 Å². The van der Waals surface area contributed by atoms with E-state index in [0.29, 0.717) is 5.92 Å². The summed E-state index contributed by atoms with van der Waals surface area (Å²) < 4.78 is 15.7. The molecule has 3 unspecified atom stereocenters. The van der Waals surface area contributed by atoms with Gasteiger partial charge in [-0.15, -0.1) is 11.6 Å². The molecule has 4 heteroatoms. The first kappa shape index (κ1) is 14.8. The molecule has 1 aromatic carbocycles. The second-order valence-electron chi connectivity index (χ2n) is 6.47. The van der Waals surface area contributed by atoms with Crippen LogP contribution in [-0.4, -0.2) is 9.55 Å². The summed E-state index contributed by atoms with van der Waals surface area (Å²) in [5.74, 6) is 2.07. The smallest absolute Gasteiger partial charge is 0.127 e. The molecule has 2 aromatic rings. The van der Waals surface area contributed by atoms with E-state index in [-0.39, 0.29) is 11.2 Å². The summed E-state index contributed by atoms with van der Waals surface area (Å²) >= 11 is 6.29. The van der Waals surface area contributed by atoms with E-state index in [1.54, 1.807) is 12.1 Å². The van der Waals surface area contributed by atoms with E-state index in [0.717, 1.165) is 29.3 Å². The second-order valence-corrected chi connectivity index (χ2v) is 7.12. The molecule has 1 saturated carbocycles. The lowest BCUT2D eigenvalue weighted by Gasteiger charge is -2.28. The van der Waals surface area contributed by atoms with Gasteiger partial charge in [0.2, 0.25) is 0 Å². The van der Waals surface area contributed by atoms with Crippen molar-refractivity contribution in [2.75, 3.05) is 0 Å². The van der Waals surface area contributed by atoms with Crippen molar-refractivity contribution < 1.29 is 4.39 Å². The highest BCUT2D eigenvalue weighted by Gasteiger charge is 2.23. The monoisotopic (exact) mass is 308 g/mol. The lowest BCUT2D eigenvalue weighted by atomic mass is 9.82. The van der Waals surface area contributed by atoms with Crippen LogP contribution in [0.2, 0.25) is 0 Å². The van der Waals surface area contributed by atoms with E-state index in [4.69, 9.17) is 11.6 Å². The molecule has 1 aliphatic rings. The second kappa shape index (κ2) is 5.96. The molecule has 3 rings (SSSR count). The summed E-state index contributed by atoms with van der Waals surface area (Å²) in [6, 6.07) is 4.79. The van der Waals surface area contributed by atoms with E-state index >= 15 is 0 Å². The maximum absolute atomic E-state index is 13.6. The van der Waals surface area contributed by atoms with Crippen LogP contribution < -0.4 is 0 Å². The van der Waals surface area contributed by atoms with Gasteiger partial charge in [-0.05, 0) is 49.8 Å². The summed E-state index contributed by atoms with van der Waals surface area (Å²) in [7, 11) is 0. The topological polar surface area (TPSA) is 17.8 Å².